The van der Waals surface area contributed by atoms with Crippen molar-refractivity contribution in [1.29, 1.82) is 0 Å². The Bertz CT molecular complexity index is 868. The number of likely N-dealkylation sites (tertiary alicyclic amines) is 1. The lowest BCUT2D eigenvalue weighted by molar-refractivity contribution is 0.202. The molecule has 0 amide bonds. The first kappa shape index (κ1) is 18.3. The van der Waals surface area contributed by atoms with Crippen molar-refractivity contribution < 1.29 is 4.42 Å². The number of oxazole rings is 1. The maximum absolute atomic E-state index is 5.95. The van der Waals surface area contributed by atoms with Gasteiger partial charge in [-0.3, -0.25) is 9.88 Å². The summed E-state index contributed by atoms with van der Waals surface area (Å²) < 4.78 is 5.95. The van der Waals surface area contributed by atoms with Crippen molar-refractivity contribution in [2.24, 2.45) is 0 Å². The van der Waals surface area contributed by atoms with Crippen LogP contribution < -0.4 is 0 Å². The number of pyridine rings is 1. The fourth-order valence-electron chi connectivity index (χ4n) is 3.70. The predicted octanol–water partition coefficient (Wildman–Crippen LogP) is 5.15. The first-order valence-electron chi connectivity index (χ1n) is 9.46. The molecule has 0 N–H and O–H groups in total. The van der Waals surface area contributed by atoms with Crippen molar-refractivity contribution in [1.82, 2.24) is 14.9 Å². The fourth-order valence-corrected chi connectivity index (χ4v) is 4.11. The molecule has 1 fully saturated rings. The summed E-state index contributed by atoms with van der Waals surface area (Å²) >= 11 is 1.74. The average molecular weight is 380 g/mol. The van der Waals surface area contributed by atoms with E-state index >= 15 is 0 Å². The van der Waals surface area contributed by atoms with E-state index < -0.39 is 0 Å². The zero-order valence-electron chi connectivity index (χ0n) is 15.9. The van der Waals surface area contributed by atoms with E-state index in [2.05, 4.69) is 52.5 Å². The number of benzene rings is 1. The van der Waals surface area contributed by atoms with Crippen molar-refractivity contribution in [2.75, 3.05) is 19.3 Å². The predicted molar refractivity (Wildman–Crippen MR) is 110 cm³/mol. The Kier molecular flexibility index (Phi) is 5.60. The van der Waals surface area contributed by atoms with Gasteiger partial charge >= 0.3 is 0 Å². The molecule has 0 atom stereocenters. The third-order valence-electron chi connectivity index (χ3n) is 5.37. The van der Waals surface area contributed by atoms with Gasteiger partial charge in [-0.15, -0.1) is 11.8 Å². The average Bonchev–Trinajstić information content (AvgIpc) is 3.09. The zero-order valence-corrected chi connectivity index (χ0v) is 16.7. The lowest BCUT2D eigenvalue weighted by Crippen LogP contribution is -2.32. The highest BCUT2D eigenvalue weighted by atomic mass is 32.2. The molecule has 3 aromatic rings. The van der Waals surface area contributed by atoms with Crippen LogP contribution in [0, 0.1) is 6.92 Å². The number of nitrogens with zero attached hydrogens (tertiary/aromatic N) is 3. The highest BCUT2D eigenvalue weighted by Gasteiger charge is 2.22. The van der Waals surface area contributed by atoms with Crippen molar-refractivity contribution >= 4 is 11.8 Å². The van der Waals surface area contributed by atoms with E-state index in [4.69, 9.17) is 9.40 Å². The van der Waals surface area contributed by atoms with Gasteiger partial charge in [0.2, 0.25) is 5.89 Å². The van der Waals surface area contributed by atoms with Crippen molar-refractivity contribution in [2.45, 2.75) is 37.1 Å². The van der Waals surface area contributed by atoms with Crippen LogP contribution in [0.3, 0.4) is 0 Å². The summed E-state index contributed by atoms with van der Waals surface area (Å²) in [6.45, 7) is 5.07. The Labute approximate surface area is 165 Å². The third kappa shape index (κ3) is 4.25. The Balaban J connectivity index is 1.39. The Morgan fingerprint density at radius 2 is 1.78 bits per heavy atom. The Morgan fingerprint density at radius 1 is 1.07 bits per heavy atom. The molecule has 0 bridgehead atoms. The monoisotopic (exact) mass is 379 g/mol. The van der Waals surface area contributed by atoms with Gasteiger partial charge in [0.15, 0.2) is 0 Å². The van der Waals surface area contributed by atoms with E-state index in [-0.39, 0.29) is 0 Å². The lowest BCUT2D eigenvalue weighted by Gasteiger charge is -2.31. The highest BCUT2D eigenvalue weighted by molar-refractivity contribution is 7.98. The van der Waals surface area contributed by atoms with Crippen LogP contribution in [-0.4, -0.2) is 34.2 Å². The first-order chi connectivity index (χ1) is 13.2. The van der Waals surface area contributed by atoms with Crippen LogP contribution in [-0.2, 0) is 6.54 Å². The molecule has 1 aromatic carbocycles. The molecular weight excluding hydrogens is 354 g/mol. The molecule has 140 valence electrons. The van der Waals surface area contributed by atoms with E-state index in [9.17, 15) is 0 Å². The first-order valence-corrected chi connectivity index (χ1v) is 10.7. The number of aromatic nitrogens is 2. The van der Waals surface area contributed by atoms with Gasteiger partial charge in [0.1, 0.15) is 5.76 Å². The molecular formula is C22H25N3OS. The van der Waals surface area contributed by atoms with Gasteiger partial charge in [-0.25, -0.2) is 4.98 Å². The second-order valence-electron chi connectivity index (χ2n) is 7.08. The molecule has 2 aromatic heterocycles. The minimum atomic E-state index is 0.646. The van der Waals surface area contributed by atoms with Crippen molar-refractivity contribution in [3.05, 3.63) is 65.8 Å². The molecule has 27 heavy (non-hydrogen) atoms. The molecule has 0 saturated carbocycles. The van der Waals surface area contributed by atoms with Gasteiger partial charge in [0.25, 0.3) is 0 Å². The topological polar surface area (TPSA) is 42.2 Å². The Morgan fingerprint density at radius 3 is 2.44 bits per heavy atom. The third-order valence-corrected chi connectivity index (χ3v) is 6.11. The standard InChI is InChI=1S/C22H25N3OS/c1-16-21(24-22(26-16)19-3-5-20(27-2)6-4-19)15-25-13-9-18(10-14-25)17-7-11-23-12-8-17/h3-8,11-12,18H,9-10,13-15H2,1-2H3. The van der Waals surface area contributed by atoms with Crippen molar-refractivity contribution in [3.63, 3.8) is 0 Å². The maximum Gasteiger partial charge on any atom is 0.226 e. The van der Waals surface area contributed by atoms with Gasteiger partial charge in [0.05, 0.1) is 5.69 Å². The van der Waals surface area contributed by atoms with E-state index in [1.54, 1.807) is 11.8 Å². The van der Waals surface area contributed by atoms with Crippen LogP contribution >= 0.6 is 11.8 Å². The highest BCUT2D eigenvalue weighted by Crippen LogP contribution is 2.29. The second kappa shape index (κ2) is 8.28. The Hall–Kier alpha value is -2.11. The zero-order chi connectivity index (χ0) is 18.6. The normalized spacial score (nSPS) is 15.9. The smallest absolute Gasteiger partial charge is 0.226 e. The largest absolute Gasteiger partial charge is 0.441 e. The minimum absolute atomic E-state index is 0.646. The quantitative estimate of drug-likeness (QED) is 0.574. The lowest BCUT2D eigenvalue weighted by atomic mass is 9.90. The summed E-state index contributed by atoms with van der Waals surface area (Å²) in [5.41, 5.74) is 3.51. The molecule has 1 saturated heterocycles. The molecule has 0 unspecified atom stereocenters. The molecule has 1 aliphatic rings. The maximum atomic E-state index is 5.95. The fraction of sp³-hybridized carbons (Fsp3) is 0.364. The number of hydrogen-bond donors (Lipinski definition) is 0. The number of rotatable bonds is 5. The van der Waals surface area contributed by atoms with Gasteiger partial charge in [-0.2, -0.15) is 0 Å². The van der Waals surface area contributed by atoms with E-state index in [1.165, 1.54) is 23.3 Å². The molecule has 4 rings (SSSR count). The SMILES string of the molecule is CSc1ccc(-c2nc(CN3CCC(c4ccncc4)CC3)c(C)o2)cc1. The van der Waals surface area contributed by atoms with Crippen LogP contribution in [0.2, 0.25) is 0 Å². The van der Waals surface area contributed by atoms with Gasteiger partial charge in [-0.1, -0.05) is 0 Å². The van der Waals surface area contributed by atoms with Crippen LogP contribution in [0.15, 0.2) is 58.1 Å². The molecule has 1 aliphatic heterocycles. The van der Waals surface area contributed by atoms with Gasteiger partial charge in [0, 0.05) is 29.4 Å². The van der Waals surface area contributed by atoms with Crippen LogP contribution in [0.25, 0.3) is 11.5 Å². The van der Waals surface area contributed by atoms with Crippen LogP contribution in [0.5, 0.6) is 0 Å². The molecule has 4 nitrogen and oxygen atoms in total. The second-order valence-corrected chi connectivity index (χ2v) is 7.96. The van der Waals surface area contributed by atoms with E-state index in [0.29, 0.717) is 5.92 Å². The van der Waals surface area contributed by atoms with Crippen molar-refractivity contribution in [3.8, 4) is 11.5 Å². The molecule has 3 heterocycles. The van der Waals surface area contributed by atoms with E-state index in [0.717, 1.165) is 42.5 Å². The summed E-state index contributed by atoms with van der Waals surface area (Å²) in [6, 6.07) is 12.7. The molecule has 0 aliphatic carbocycles. The number of hydrogen-bond acceptors (Lipinski definition) is 5. The molecule has 0 spiro atoms. The van der Waals surface area contributed by atoms with Crippen LogP contribution in [0.4, 0.5) is 0 Å². The summed E-state index contributed by atoms with van der Waals surface area (Å²) in [6.07, 6.45) is 8.25. The number of aryl methyl sites for hydroxylation is 1. The summed E-state index contributed by atoms with van der Waals surface area (Å²) in [4.78, 5) is 12.6. The summed E-state index contributed by atoms with van der Waals surface area (Å²) in [5.74, 6) is 2.30. The van der Waals surface area contributed by atoms with E-state index in [1.807, 2.05) is 19.3 Å². The molecule has 5 heteroatoms. The minimum Gasteiger partial charge on any atom is -0.441 e. The molecule has 0 radical (unpaired) electrons. The number of piperidine rings is 1. The summed E-state index contributed by atoms with van der Waals surface area (Å²) in [5, 5.41) is 0. The van der Waals surface area contributed by atoms with Gasteiger partial charge < -0.3 is 4.42 Å². The summed E-state index contributed by atoms with van der Waals surface area (Å²) in [7, 11) is 0. The van der Waals surface area contributed by atoms with Gasteiger partial charge in [-0.05, 0) is 87.0 Å². The number of thioether (sulfide) groups is 1. The van der Waals surface area contributed by atoms with Crippen LogP contribution in [0.1, 0.15) is 35.8 Å².